The molecule has 0 aliphatic rings. The second kappa shape index (κ2) is 5.02. The average Bonchev–Trinajstić information content (AvgIpc) is 2.62. The fourth-order valence-corrected chi connectivity index (χ4v) is 1.40. The molecule has 0 aromatic carbocycles. The summed E-state index contributed by atoms with van der Waals surface area (Å²) in [6.07, 6.45) is -0.142. The minimum absolute atomic E-state index is 0.143. The molecule has 1 atom stereocenters. The van der Waals surface area contributed by atoms with Crippen LogP contribution in [0.15, 0.2) is 16.5 Å². The van der Waals surface area contributed by atoms with E-state index < -0.39 is 17.2 Å². The average molecular weight is 274 g/mol. The number of carbonyl (C=O) groups is 2. The number of alkyl carbamates (subject to hydrolysis) is 1. The third-order valence-corrected chi connectivity index (χ3v) is 2.28. The van der Waals surface area contributed by atoms with E-state index >= 15 is 0 Å². The van der Waals surface area contributed by atoms with Crippen molar-refractivity contribution in [2.24, 2.45) is 0 Å². The molecule has 1 unspecified atom stereocenters. The molecule has 0 bridgehead atoms. The highest BCUT2D eigenvalue weighted by Crippen LogP contribution is 2.24. The molecular formula is C12H16ClNO4. The van der Waals surface area contributed by atoms with Crippen molar-refractivity contribution in [3.63, 3.8) is 0 Å². The molecule has 0 aliphatic carbocycles. The molecule has 0 saturated heterocycles. The highest BCUT2D eigenvalue weighted by atomic mass is 35.5. The van der Waals surface area contributed by atoms with E-state index in [2.05, 4.69) is 5.32 Å². The maximum absolute atomic E-state index is 11.6. The summed E-state index contributed by atoms with van der Waals surface area (Å²) < 4.78 is 10.2. The Morgan fingerprint density at radius 1 is 1.39 bits per heavy atom. The third-order valence-electron chi connectivity index (χ3n) is 2.08. The van der Waals surface area contributed by atoms with Gasteiger partial charge in [0, 0.05) is 0 Å². The van der Waals surface area contributed by atoms with E-state index in [1.54, 1.807) is 20.8 Å². The van der Waals surface area contributed by atoms with Crippen molar-refractivity contribution in [2.45, 2.75) is 38.8 Å². The SMILES string of the molecule is CC(C)(C)OC(=O)NC(C)(C=O)c1ccc(Cl)o1. The van der Waals surface area contributed by atoms with E-state index in [9.17, 15) is 9.59 Å². The lowest BCUT2D eigenvalue weighted by Crippen LogP contribution is -2.46. The lowest BCUT2D eigenvalue weighted by molar-refractivity contribution is -0.113. The Kier molecular flexibility index (Phi) is 4.06. The first kappa shape index (κ1) is 14.6. The zero-order valence-corrected chi connectivity index (χ0v) is 11.5. The van der Waals surface area contributed by atoms with Gasteiger partial charge < -0.3 is 19.3 Å². The van der Waals surface area contributed by atoms with Crippen molar-refractivity contribution >= 4 is 24.0 Å². The molecule has 1 aromatic rings. The highest BCUT2D eigenvalue weighted by Gasteiger charge is 2.33. The van der Waals surface area contributed by atoms with Gasteiger partial charge in [-0.3, -0.25) is 0 Å². The van der Waals surface area contributed by atoms with E-state index in [0.29, 0.717) is 6.29 Å². The van der Waals surface area contributed by atoms with Gasteiger partial charge >= 0.3 is 6.09 Å². The lowest BCUT2D eigenvalue weighted by Gasteiger charge is -2.25. The molecule has 0 saturated carbocycles. The Morgan fingerprint density at radius 2 is 2.00 bits per heavy atom. The fraction of sp³-hybridized carbons (Fsp3) is 0.500. The summed E-state index contributed by atoms with van der Waals surface area (Å²) in [6, 6.07) is 3.02. The Balaban J connectivity index is 2.84. The Labute approximate surface area is 110 Å². The van der Waals surface area contributed by atoms with Crippen LogP contribution in [0.2, 0.25) is 5.22 Å². The van der Waals surface area contributed by atoms with Gasteiger partial charge in [0.1, 0.15) is 11.4 Å². The first-order valence-electron chi connectivity index (χ1n) is 5.39. The van der Waals surface area contributed by atoms with Crippen molar-refractivity contribution in [3.8, 4) is 0 Å². The van der Waals surface area contributed by atoms with Crippen molar-refractivity contribution in [3.05, 3.63) is 23.1 Å². The van der Waals surface area contributed by atoms with Gasteiger partial charge in [-0.1, -0.05) is 0 Å². The van der Waals surface area contributed by atoms with Crippen molar-refractivity contribution in [1.82, 2.24) is 5.32 Å². The van der Waals surface area contributed by atoms with Gasteiger partial charge in [0.15, 0.2) is 17.0 Å². The van der Waals surface area contributed by atoms with Crippen LogP contribution in [0.5, 0.6) is 0 Å². The molecule has 100 valence electrons. The van der Waals surface area contributed by atoms with Crippen LogP contribution in [-0.2, 0) is 15.1 Å². The zero-order chi connectivity index (χ0) is 14.0. The van der Waals surface area contributed by atoms with Crippen LogP contribution in [0.3, 0.4) is 0 Å². The Bertz CT molecular complexity index is 449. The van der Waals surface area contributed by atoms with Gasteiger partial charge in [0.05, 0.1) is 0 Å². The first-order valence-corrected chi connectivity index (χ1v) is 5.77. The zero-order valence-electron chi connectivity index (χ0n) is 10.7. The standard InChI is InChI=1S/C12H16ClNO4/c1-11(2,3)18-10(16)14-12(4,7-15)8-5-6-9(13)17-8/h5-7H,1-4H3,(H,14,16). The largest absolute Gasteiger partial charge is 0.447 e. The minimum Gasteiger partial charge on any atom is -0.447 e. The number of rotatable bonds is 3. The molecule has 1 N–H and O–H groups in total. The molecule has 0 radical (unpaired) electrons. The monoisotopic (exact) mass is 273 g/mol. The van der Waals surface area contributed by atoms with Crippen molar-refractivity contribution in [2.75, 3.05) is 0 Å². The van der Waals surface area contributed by atoms with E-state index in [1.807, 2.05) is 0 Å². The molecule has 1 amide bonds. The topological polar surface area (TPSA) is 68.5 Å². The summed E-state index contributed by atoms with van der Waals surface area (Å²) in [5, 5.41) is 2.59. The van der Waals surface area contributed by atoms with Gasteiger partial charge in [0.25, 0.3) is 0 Å². The van der Waals surface area contributed by atoms with Crippen LogP contribution in [0, 0.1) is 0 Å². The van der Waals surface area contributed by atoms with Crippen molar-refractivity contribution in [1.29, 1.82) is 0 Å². The fourth-order valence-electron chi connectivity index (χ4n) is 1.26. The molecule has 6 heteroatoms. The molecule has 0 spiro atoms. The number of aldehydes is 1. The Morgan fingerprint density at radius 3 is 2.39 bits per heavy atom. The summed E-state index contributed by atoms with van der Waals surface area (Å²) in [4.78, 5) is 22.8. The summed E-state index contributed by atoms with van der Waals surface area (Å²) in [5.74, 6) is 0.244. The second-order valence-electron chi connectivity index (χ2n) is 5.05. The number of halogens is 1. The second-order valence-corrected chi connectivity index (χ2v) is 5.42. The van der Waals surface area contributed by atoms with Gasteiger partial charge in [-0.15, -0.1) is 0 Å². The summed E-state index contributed by atoms with van der Waals surface area (Å²) in [6.45, 7) is 6.69. The molecule has 0 fully saturated rings. The maximum Gasteiger partial charge on any atom is 0.408 e. The number of hydrogen-bond acceptors (Lipinski definition) is 4. The molecular weight excluding hydrogens is 258 g/mol. The molecule has 18 heavy (non-hydrogen) atoms. The molecule has 0 aliphatic heterocycles. The van der Waals surface area contributed by atoms with Gasteiger partial charge in [-0.2, -0.15) is 0 Å². The summed E-state index contributed by atoms with van der Waals surface area (Å²) >= 11 is 5.64. The smallest absolute Gasteiger partial charge is 0.408 e. The number of carbonyl (C=O) groups excluding carboxylic acids is 2. The van der Waals surface area contributed by atoms with Gasteiger partial charge in [-0.25, -0.2) is 4.79 Å². The number of hydrogen-bond donors (Lipinski definition) is 1. The molecule has 1 rings (SSSR count). The quantitative estimate of drug-likeness (QED) is 0.860. The van der Waals surface area contributed by atoms with Crippen LogP contribution >= 0.6 is 11.6 Å². The predicted molar refractivity (Wildman–Crippen MR) is 66.5 cm³/mol. The highest BCUT2D eigenvalue weighted by molar-refractivity contribution is 6.28. The normalized spacial score (nSPS) is 14.7. The van der Waals surface area contributed by atoms with E-state index in [1.165, 1.54) is 19.1 Å². The van der Waals surface area contributed by atoms with Crippen molar-refractivity contribution < 1.29 is 18.7 Å². The Hall–Kier alpha value is -1.49. The molecule has 1 aromatic heterocycles. The number of amides is 1. The first-order chi connectivity index (χ1) is 8.16. The number of furan rings is 1. The molecule has 1 heterocycles. The third kappa shape index (κ3) is 3.77. The minimum atomic E-state index is -1.31. The number of nitrogens with one attached hydrogen (secondary N) is 1. The van der Waals surface area contributed by atoms with Crippen LogP contribution in [0.25, 0.3) is 0 Å². The van der Waals surface area contributed by atoms with E-state index in [0.717, 1.165) is 0 Å². The van der Waals surface area contributed by atoms with Gasteiger partial charge in [-0.05, 0) is 51.4 Å². The van der Waals surface area contributed by atoms with Gasteiger partial charge in [0.2, 0.25) is 0 Å². The lowest BCUT2D eigenvalue weighted by atomic mass is 10.0. The number of ether oxygens (including phenoxy) is 1. The maximum atomic E-state index is 11.6. The van der Waals surface area contributed by atoms with E-state index in [4.69, 9.17) is 20.8 Å². The van der Waals surface area contributed by atoms with Crippen LogP contribution in [0.4, 0.5) is 4.79 Å². The van der Waals surface area contributed by atoms with Crippen LogP contribution in [0.1, 0.15) is 33.5 Å². The molecule has 5 nitrogen and oxygen atoms in total. The summed E-state index contributed by atoms with van der Waals surface area (Å²) in [5.41, 5.74) is -1.95. The summed E-state index contributed by atoms with van der Waals surface area (Å²) in [7, 11) is 0. The predicted octanol–water partition coefficient (Wildman–Crippen LogP) is 2.87. The van der Waals surface area contributed by atoms with E-state index in [-0.39, 0.29) is 11.0 Å². The van der Waals surface area contributed by atoms with Crippen LogP contribution < -0.4 is 5.32 Å². The van der Waals surface area contributed by atoms with Crippen LogP contribution in [-0.4, -0.2) is 18.0 Å².